The molecule has 5 rings (SSSR count). The van der Waals surface area contributed by atoms with Crippen LogP contribution in [0, 0.1) is 0 Å². The minimum absolute atomic E-state index is 0.0624. The highest BCUT2D eigenvalue weighted by Crippen LogP contribution is 2.20. The lowest BCUT2D eigenvalue weighted by atomic mass is 10.1. The Morgan fingerprint density at radius 2 is 1.49 bits per heavy atom. The van der Waals surface area contributed by atoms with Crippen molar-refractivity contribution in [1.82, 2.24) is 14.8 Å². The molecule has 2 amide bonds. The molecule has 41 heavy (non-hydrogen) atoms. The molecule has 10 nitrogen and oxygen atoms in total. The van der Waals surface area contributed by atoms with Gasteiger partial charge in [-0.3, -0.25) is 14.5 Å². The monoisotopic (exact) mass is 557 g/mol. The van der Waals surface area contributed by atoms with Gasteiger partial charge in [-0.1, -0.05) is 24.6 Å². The molecule has 3 aromatic rings. The van der Waals surface area contributed by atoms with Crippen LogP contribution in [0.5, 0.6) is 5.75 Å². The Labute approximate surface area is 239 Å². The zero-order chi connectivity index (χ0) is 28.6. The van der Waals surface area contributed by atoms with E-state index in [2.05, 4.69) is 15.2 Å². The van der Waals surface area contributed by atoms with E-state index in [-0.39, 0.29) is 12.3 Å². The molecular formula is C31H35N5O5. The van der Waals surface area contributed by atoms with Crippen molar-refractivity contribution in [2.24, 2.45) is 0 Å². The molecule has 0 radical (unpaired) electrons. The summed E-state index contributed by atoms with van der Waals surface area (Å²) in [4.78, 5) is 46.8. The SMILES string of the molecule is O=C(O)Cc1ccc(N2CCN(C(=O)Oc3ccc(NC(=O)c4ccc(CN5CCCCC5)cc4)cc3)CC2)nc1. The van der Waals surface area contributed by atoms with E-state index in [0.717, 1.165) is 25.5 Å². The van der Waals surface area contributed by atoms with Gasteiger partial charge in [-0.05, 0) is 79.5 Å². The summed E-state index contributed by atoms with van der Waals surface area (Å²) in [5.74, 6) is 0.0598. The number of piperazine rings is 1. The molecule has 0 aliphatic carbocycles. The number of rotatable bonds is 8. The maximum atomic E-state index is 12.7. The Hall–Kier alpha value is -4.44. The van der Waals surface area contributed by atoms with Crippen molar-refractivity contribution >= 4 is 29.5 Å². The number of piperidine rings is 1. The van der Waals surface area contributed by atoms with Crippen molar-refractivity contribution in [1.29, 1.82) is 0 Å². The molecule has 0 saturated carbocycles. The summed E-state index contributed by atoms with van der Waals surface area (Å²) < 4.78 is 5.55. The second-order valence-electron chi connectivity index (χ2n) is 10.4. The summed E-state index contributed by atoms with van der Waals surface area (Å²) in [5.41, 5.74) is 3.06. The minimum atomic E-state index is -0.893. The molecule has 1 aromatic heterocycles. The quantitative estimate of drug-likeness (QED) is 0.422. The molecule has 0 bridgehead atoms. The lowest BCUT2D eigenvalue weighted by molar-refractivity contribution is -0.136. The average molecular weight is 558 g/mol. The lowest BCUT2D eigenvalue weighted by Gasteiger charge is -2.34. The average Bonchev–Trinajstić information content (AvgIpc) is 2.99. The number of carboxylic acids is 1. The Kier molecular flexibility index (Phi) is 9.10. The third kappa shape index (κ3) is 7.82. The number of hydrogen-bond donors (Lipinski definition) is 2. The molecule has 2 saturated heterocycles. The molecule has 0 spiro atoms. The standard InChI is InChI=1S/C31H35N5O5/c37-29(38)20-24-6-13-28(32-21-24)35-16-18-36(19-17-35)31(40)41-27-11-9-26(10-12-27)33-30(39)25-7-4-23(5-8-25)22-34-14-2-1-3-15-34/h4-13,21H,1-3,14-20,22H2,(H,33,39)(H,37,38). The van der Waals surface area contributed by atoms with Crippen LogP contribution in [-0.2, 0) is 17.8 Å². The van der Waals surface area contributed by atoms with Crippen molar-refractivity contribution in [2.45, 2.75) is 32.2 Å². The molecule has 2 fully saturated rings. The number of ether oxygens (including phenoxy) is 1. The van der Waals surface area contributed by atoms with E-state index in [4.69, 9.17) is 9.84 Å². The van der Waals surface area contributed by atoms with Crippen LogP contribution in [0.2, 0.25) is 0 Å². The van der Waals surface area contributed by atoms with E-state index in [1.54, 1.807) is 47.5 Å². The number of nitrogens with one attached hydrogen (secondary N) is 1. The number of aliphatic carboxylic acids is 1. The second-order valence-corrected chi connectivity index (χ2v) is 10.4. The third-order valence-electron chi connectivity index (χ3n) is 7.41. The third-order valence-corrected chi connectivity index (χ3v) is 7.41. The number of carboxylic acid groups (broad SMARTS) is 1. The first-order chi connectivity index (χ1) is 19.9. The van der Waals surface area contributed by atoms with Crippen LogP contribution in [0.1, 0.15) is 40.7 Å². The van der Waals surface area contributed by atoms with Gasteiger partial charge in [0.2, 0.25) is 0 Å². The summed E-state index contributed by atoms with van der Waals surface area (Å²) in [6.45, 7) is 5.31. The van der Waals surface area contributed by atoms with Gasteiger partial charge in [0, 0.05) is 50.2 Å². The largest absolute Gasteiger partial charge is 0.481 e. The summed E-state index contributed by atoms with van der Waals surface area (Å²) in [6.07, 6.45) is 4.89. The minimum Gasteiger partial charge on any atom is -0.481 e. The van der Waals surface area contributed by atoms with Gasteiger partial charge in [-0.25, -0.2) is 9.78 Å². The van der Waals surface area contributed by atoms with Crippen LogP contribution in [0.15, 0.2) is 66.9 Å². The summed E-state index contributed by atoms with van der Waals surface area (Å²) in [5, 5.41) is 11.8. The van der Waals surface area contributed by atoms with Gasteiger partial charge >= 0.3 is 12.1 Å². The van der Waals surface area contributed by atoms with Crippen molar-refractivity contribution < 1.29 is 24.2 Å². The Balaban J connectivity index is 1.07. The van der Waals surface area contributed by atoms with Gasteiger partial charge in [0.1, 0.15) is 11.6 Å². The molecule has 10 heteroatoms. The smallest absolute Gasteiger partial charge is 0.415 e. The predicted octanol–water partition coefficient (Wildman–Crippen LogP) is 4.27. The normalized spacial score (nSPS) is 15.8. The number of anilines is 2. The van der Waals surface area contributed by atoms with Crippen LogP contribution in [0.25, 0.3) is 0 Å². The number of carbonyl (C=O) groups excluding carboxylic acids is 2. The first-order valence-electron chi connectivity index (χ1n) is 14.0. The van der Waals surface area contributed by atoms with Crippen LogP contribution in [0.3, 0.4) is 0 Å². The fraction of sp³-hybridized carbons (Fsp3) is 0.355. The Morgan fingerprint density at radius 3 is 2.12 bits per heavy atom. The first-order valence-corrected chi connectivity index (χ1v) is 14.0. The maximum Gasteiger partial charge on any atom is 0.415 e. The second kappa shape index (κ2) is 13.3. The number of aromatic nitrogens is 1. The van der Waals surface area contributed by atoms with Crippen LogP contribution >= 0.6 is 0 Å². The zero-order valence-corrected chi connectivity index (χ0v) is 23.0. The number of amides is 2. The van der Waals surface area contributed by atoms with Gasteiger partial charge in [0.15, 0.2) is 0 Å². The lowest BCUT2D eigenvalue weighted by Crippen LogP contribution is -2.49. The van der Waals surface area contributed by atoms with Gasteiger partial charge in [-0.15, -0.1) is 0 Å². The Bertz CT molecular complexity index is 1330. The topological polar surface area (TPSA) is 115 Å². The maximum absolute atomic E-state index is 12.7. The molecular weight excluding hydrogens is 522 g/mol. The summed E-state index contributed by atoms with van der Waals surface area (Å²) in [6, 6.07) is 18.0. The molecule has 2 aliphatic heterocycles. The highest BCUT2D eigenvalue weighted by molar-refractivity contribution is 6.04. The molecule has 0 unspecified atom stereocenters. The van der Waals surface area contributed by atoms with Crippen LogP contribution in [0.4, 0.5) is 16.3 Å². The highest BCUT2D eigenvalue weighted by Gasteiger charge is 2.23. The van der Waals surface area contributed by atoms with Gasteiger partial charge in [0.05, 0.1) is 6.42 Å². The van der Waals surface area contributed by atoms with E-state index >= 15 is 0 Å². The van der Waals surface area contributed by atoms with Gasteiger partial charge < -0.3 is 25.0 Å². The summed E-state index contributed by atoms with van der Waals surface area (Å²) >= 11 is 0. The van der Waals surface area contributed by atoms with Crippen LogP contribution < -0.4 is 15.0 Å². The number of pyridine rings is 1. The van der Waals surface area contributed by atoms with Crippen LogP contribution in [-0.4, -0.2) is 77.1 Å². The Morgan fingerprint density at radius 1 is 0.805 bits per heavy atom. The fourth-order valence-corrected chi connectivity index (χ4v) is 5.11. The van der Waals surface area contributed by atoms with Crippen molar-refractivity contribution in [3.63, 3.8) is 0 Å². The summed E-state index contributed by atoms with van der Waals surface area (Å²) in [7, 11) is 0. The van der Waals surface area contributed by atoms with E-state index in [1.165, 1.54) is 24.8 Å². The number of benzene rings is 2. The predicted molar refractivity (Wildman–Crippen MR) is 155 cm³/mol. The molecule has 2 aromatic carbocycles. The zero-order valence-electron chi connectivity index (χ0n) is 23.0. The van der Waals surface area contributed by atoms with E-state index in [0.29, 0.717) is 48.7 Å². The number of nitrogens with zero attached hydrogens (tertiary/aromatic N) is 4. The molecule has 2 N–H and O–H groups in total. The molecule has 3 heterocycles. The molecule has 214 valence electrons. The molecule has 0 atom stereocenters. The molecule has 2 aliphatic rings. The van der Waals surface area contributed by atoms with Crippen molar-refractivity contribution in [2.75, 3.05) is 49.5 Å². The van der Waals surface area contributed by atoms with E-state index < -0.39 is 12.1 Å². The van der Waals surface area contributed by atoms with E-state index in [9.17, 15) is 14.4 Å². The number of hydrogen-bond acceptors (Lipinski definition) is 7. The highest BCUT2D eigenvalue weighted by atomic mass is 16.6. The van der Waals surface area contributed by atoms with E-state index in [1.807, 2.05) is 29.2 Å². The fourth-order valence-electron chi connectivity index (χ4n) is 5.11. The van der Waals surface area contributed by atoms with Crippen molar-refractivity contribution in [3.05, 3.63) is 83.6 Å². The number of likely N-dealkylation sites (tertiary alicyclic amines) is 1. The number of carbonyl (C=O) groups is 3. The first kappa shape index (κ1) is 28.1. The van der Waals surface area contributed by atoms with Crippen molar-refractivity contribution in [3.8, 4) is 5.75 Å². The van der Waals surface area contributed by atoms with Gasteiger partial charge in [0.25, 0.3) is 5.91 Å². The van der Waals surface area contributed by atoms with Gasteiger partial charge in [-0.2, -0.15) is 0 Å².